The number of benzene rings is 1. The molecule has 1 fully saturated rings. The van der Waals surface area contributed by atoms with Crippen molar-refractivity contribution >= 4 is 5.97 Å². The summed E-state index contributed by atoms with van der Waals surface area (Å²) in [5.41, 5.74) is 2.49. The summed E-state index contributed by atoms with van der Waals surface area (Å²) in [6.07, 6.45) is 2.97. The molecule has 0 amide bonds. The molecule has 0 radical (unpaired) electrons. The fourth-order valence-corrected chi connectivity index (χ4v) is 3.04. The number of ether oxygens (including phenoxy) is 1. The molecule has 1 aromatic carbocycles. The summed E-state index contributed by atoms with van der Waals surface area (Å²) in [4.78, 5) is 14.2. The number of hydrogen-bond acceptors (Lipinski definition) is 3. The van der Waals surface area contributed by atoms with Gasteiger partial charge in [-0.05, 0) is 17.9 Å². The zero-order chi connectivity index (χ0) is 13.4. The standard InChI is InChI=1S/C16H19NO2/c1-11(2)13-8-9-14-16(18)19-10-15(17(13)14)12-6-4-3-5-7-12/h3-8,11,14-15H,9-10H2,1-2H3/t14-,15+/m0/s1. The predicted molar refractivity (Wildman–Crippen MR) is 73.3 cm³/mol. The molecule has 2 atom stereocenters. The zero-order valence-electron chi connectivity index (χ0n) is 11.4. The van der Waals surface area contributed by atoms with Crippen LogP contribution < -0.4 is 0 Å². The van der Waals surface area contributed by atoms with E-state index < -0.39 is 0 Å². The van der Waals surface area contributed by atoms with Crippen molar-refractivity contribution in [3.8, 4) is 0 Å². The highest BCUT2D eigenvalue weighted by atomic mass is 16.5. The smallest absolute Gasteiger partial charge is 0.329 e. The average molecular weight is 257 g/mol. The lowest BCUT2D eigenvalue weighted by Crippen LogP contribution is -2.47. The van der Waals surface area contributed by atoms with Crippen molar-refractivity contribution in [2.75, 3.05) is 6.61 Å². The summed E-state index contributed by atoms with van der Waals surface area (Å²) < 4.78 is 5.37. The largest absolute Gasteiger partial charge is 0.462 e. The predicted octanol–water partition coefficient (Wildman–Crippen LogP) is 2.90. The first-order valence-corrected chi connectivity index (χ1v) is 6.88. The van der Waals surface area contributed by atoms with E-state index in [9.17, 15) is 4.79 Å². The number of hydrogen-bond donors (Lipinski definition) is 0. The van der Waals surface area contributed by atoms with E-state index in [2.05, 4.69) is 37.0 Å². The molecule has 0 unspecified atom stereocenters. The molecule has 2 aliphatic rings. The molecular weight excluding hydrogens is 238 g/mol. The second kappa shape index (κ2) is 4.72. The van der Waals surface area contributed by atoms with Crippen molar-refractivity contribution in [3.05, 3.63) is 47.7 Å². The van der Waals surface area contributed by atoms with Crippen molar-refractivity contribution in [2.24, 2.45) is 5.92 Å². The number of cyclic esters (lactones) is 1. The van der Waals surface area contributed by atoms with Crippen LogP contribution in [0.3, 0.4) is 0 Å². The minimum absolute atomic E-state index is 0.0842. The fourth-order valence-electron chi connectivity index (χ4n) is 3.04. The van der Waals surface area contributed by atoms with Crippen molar-refractivity contribution in [1.82, 2.24) is 4.90 Å². The highest BCUT2D eigenvalue weighted by Gasteiger charge is 2.42. The fraction of sp³-hybridized carbons (Fsp3) is 0.438. The van der Waals surface area contributed by atoms with Gasteiger partial charge in [-0.2, -0.15) is 0 Å². The van der Waals surface area contributed by atoms with E-state index in [4.69, 9.17) is 4.74 Å². The Balaban J connectivity index is 1.96. The normalized spacial score (nSPS) is 26.2. The summed E-state index contributed by atoms with van der Waals surface area (Å²) in [5.74, 6) is 0.348. The number of carbonyl (C=O) groups is 1. The first kappa shape index (κ1) is 12.3. The van der Waals surface area contributed by atoms with E-state index in [1.54, 1.807) is 0 Å². The molecular formula is C16H19NO2. The lowest BCUT2D eigenvalue weighted by molar-refractivity contribution is -0.159. The van der Waals surface area contributed by atoms with Crippen molar-refractivity contribution in [1.29, 1.82) is 0 Å². The highest BCUT2D eigenvalue weighted by Crippen LogP contribution is 2.39. The molecule has 0 bridgehead atoms. The molecule has 3 nitrogen and oxygen atoms in total. The molecule has 0 saturated carbocycles. The lowest BCUT2D eigenvalue weighted by Gasteiger charge is -2.41. The molecule has 1 aromatic rings. The van der Waals surface area contributed by atoms with E-state index in [-0.39, 0.29) is 18.1 Å². The second-order valence-electron chi connectivity index (χ2n) is 5.50. The molecule has 3 rings (SSSR count). The van der Waals surface area contributed by atoms with Gasteiger partial charge in [0.15, 0.2) is 0 Å². The molecule has 2 aliphatic heterocycles. The van der Waals surface area contributed by atoms with Gasteiger partial charge in [0, 0.05) is 5.70 Å². The maximum Gasteiger partial charge on any atom is 0.329 e. The van der Waals surface area contributed by atoms with Gasteiger partial charge in [-0.3, -0.25) is 0 Å². The number of nitrogens with zero attached hydrogens (tertiary/aromatic N) is 1. The van der Waals surface area contributed by atoms with Crippen molar-refractivity contribution < 1.29 is 9.53 Å². The Morgan fingerprint density at radius 3 is 2.63 bits per heavy atom. The molecule has 2 heterocycles. The number of fused-ring (bicyclic) bond motifs is 1. The highest BCUT2D eigenvalue weighted by molar-refractivity contribution is 5.78. The number of carbonyl (C=O) groups excluding carboxylic acids is 1. The van der Waals surface area contributed by atoms with Crippen LogP contribution in [-0.4, -0.2) is 23.5 Å². The van der Waals surface area contributed by atoms with Crippen LogP contribution in [0.4, 0.5) is 0 Å². The van der Waals surface area contributed by atoms with Gasteiger partial charge in [0.05, 0.1) is 6.04 Å². The van der Waals surface area contributed by atoms with E-state index in [0.29, 0.717) is 12.5 Å². The Bertz CT molecular complexity index is 507. The van der Waals surface area contributed by atoms with Crippen LogP contribution in [0.25, 0.3) is 0 Å². The molecule has 19 heavy (non-hydrogen) atoms. The molecule has 1 saturated heterocycles. The van der Waals surface area contributed by atoms with Crippen LogP contribution in [0.2, 0.25) is 0 Å². The van der Waals surface area contributed by atoms with Gasteiger partial charge < -0.3 is 9.64 Å². The third-order valence-electron chi connectivity index (χ3n) is 3.95. The molecule has 0 aromatic heterocycles. The monoisotopic (exact) mass is 257 g/mol. The van der Waals surface area contributed by atoms with Gasteiger partial charge in [-0.25, -0.2) is 4.79 Å². The Morgan fingerprint density at radius 1 is 1.21 bits per heavy atom. The summed E-state index contributed by atoms with van der Waals surface area (Å²) in [6.45, 7) is 4.80. The Labute approximate surface area is 113 Å². The Kier molecular flexibility index (Phi) is 3.05. The van der Waals surface area contributed by atoms with Crippen LogP contribution in [0.1, 0.15) is 31.9 Å². The number of allylic oxidation sites excluding steroid dienone is 1. The SMILES string of the molecule is CC(C)C1=CC[C@H]2C(=O)OC[C@H](c3ccccc3)N12. The minimum Gasteiger partial charge on any atom is -0.462 e. The number of esters is 1. The zero-order valence-corrected chi connectivity index (χ0v) is 11.4. The molecule has 0 aliphatic carbocycles. The van der Waals surface area contributed by atoms with E-state index in [1.165, 1.54) is 11.3 Å². The molecule has 0 spiro atoms. The average Bonchev–Trinajstić information content (AvgIpc) is 2.86. The topological polar surface area (TPSA) is 29.5 Å². The van der Waals surface area contributed by atoms with Gasteiger partial charge in [0.1, 0.15) is 12.6 Å². The molecule has 0 N–H and O–H groups in total. The van der Waals surface area contributed by atoms with Crippen LogP contribution >= 0.6 is 0 Å². The minimum atomic E-state index is -0.128. The van der Waals surface area contributed by atoms with Gasteiger partial charge in [0.2, 0.25) is 0 Å². The van der Waals surface area contributed by atoms with Crippen LogP contribution in [0.15, 0.2) is 42.1 Å². The molecule has 3 heteroatoms. The van der Waals surface area contributed by atoms with Crippen LogP contribution in [0.5, 0.6) is 0 Å². The number of morpholine rings is 1. The first-order chi connectivity index (χ1) is 9.18. The Morgan fingerprint density at radius 2 is 1.95 bits per heavy atom. The summed E-state index contributed by atoms with van der Waals surface area (Å²) >= 11 is 0. The van der Waals surface area contributed by atoms with Gasteiger partial charge in [-0.1, -0.05) is 50.3 Å². The summed E-state index contributed by atoms with van der Waals surface area (Å²) in [6, 6.07) is 10.3. The van der Waals surface area contributed by atoms with Crippen LogP contribution in [-0.2, 0) is 9.53 Å². The summed E-state index contributed by atoms with van der Waals surface area (Å²) in [5, 5.41) is 0. The van der Waals surface area contributed by atoms with Crippen molar-refractivity contribution in [2.45, 2.75) is 32.4 Å². The Hall–Kier alpha value is -1.77. The quantitative estimate of drug-likeness (QED) is 0.763. The third kappa shape index (κ3) is 2.03. The van der Waals surface area contributed by atoms with E-state index in [0.717, 1.165) is 6.42 Å². The molecule has 100 valence electrons. The van der Waals surface area contributed by atoms with E-state index in [1.807, 2.05) is 18.2 Å². The maximum atomic E-state index is 11.9. The maximum absolute atomic E-state index is 11.9. The van der Waals surface area contributed by atoms with Gasteiger partial charge >= 0.3 is 5.97 Å². The third-order valence-corrected chi connectivity index (χ3v) is 3.95. The van der Waals surface area contributed by atoms with Gasteiger partial charge in [0.25, 0.3) is 0 Å². The van der Waals surface area contributed by atoms with Crippen LogP contribution in [0, 0.1) is 5.92 Å². The van der Waals surface area contributed by atoms with E-state index >= 15 is 0 Å². The second-order valence-corrected chi connectivity index (χ2v) is 5.50. The first-order valence-electron chi connectivity index (χ1n) is 6.88. The summed E-state index contributed by atoms with van der Waals surface area (Å²) in [7, 11) is 0. The van der Waals surface area contributed by atoms with Gasteiger partial charge in [-0.15, -0.1) is 0 Å². The number of rotatable bonds is 2. The van der Waals surface area contributed by atoms with Crippen molar-refractivity contribution in [3.63, 3.8) is 0 Å². The lowest BCUT2D eigenvalue weighted by atomic mass is 10.0.